The average molecular weight is 306 g/mol. The van der Waals surface area contributed by atoms with Crippen LogP contribution >= 0.6 is 0 Å². The van der Waals surface area contributed by atoms with Gasteiger partial charge in [-0.05, 0) is 24.0 Å². The molecule has 1 saturated heterocycles. The molecular formula is C16H22N2O2S. The van der Waals surface area contributed by atoms with Gasteiger partial charge in [-0.15, -0.1) is 0 Å². The molecule has 1 aliphatic rings. The number of benzene rings is 1. The molecule has 114 valence electrons. The van der Waals surface area contributed by atoms with Crippen LogP contribution in [0.5, 0.6) is 0 Å². The van der Waals surface area contributed by atoms with Crippen molar-refractivity contribution in [3.63, 3.8) is 0 Å². The van der Waals surface area contributed by atoms with Crippen molar-refractivity contribution >= 4 is 9.84 Å². The molecule has 0 aliphatic carbocycles. The molecule has 0 spiro atoms. The van der Waals surface area contributed by atoms with Crippen molar-refractivity contribution in [3.05, 3.63) is 35.4 Å². The summed E-state index contributed by atoms with van der Waals surface area (Å²) in [4.78, 5) is 2.23. The zero-order valence-electron chi connectivity index (χ0n) is 12.6. The van der Waals surface area contributed by atoms with E-state index in [1.807, 2.05) is 24.3 Å². The zero-order valence-corrected chi connectivity index (χ0v) is 13.4. The van der Waals surface area contributed by atoms with Crippen LogP contribution in [0.2, 0.25) is 0 Å². The first kappa shape index (κ1) is 16.0. The first-order valence-corrected chi connectivity index (χ1v) is 9.16. The van der Waals surface area contributed by atoms with Crippen LogP contribution in [0.4, 0.5) is 0 Å². The zero-order chi connectivity index (χ0) is 15.5. The van der Waals surface area contributed by atoms with E-state index in [4.69, 9.17) is 0 Å². The lowest BCUT2D eigenvalue weighted by Crippen LogP contribution is -2.38. The molecule has 1 atom stereocenters. The van der Waals surface area contributed by atoms with Crippen LogP contribution < -0.4 is 0 Å². The van der Waals surface area contributed by atoms with Crippen molar-refractivity contribution in [2.24, 2.45) is 5.92 Å². The Kier molecular flexibility index (Phi) is 5.02. The van der Waals surface area contributed by atoms with Crippen molar-refractivity contribution in [2.45, 2.75) is 32.9 Å². The van der Waals surface area contributed by atoms with Crippen molar-refractivity contribution in [3.8, 4) is 6.07 Å². The highest BCUT2D eigenvalue weighted by atomic mass is 32.2. The van der Waals surface area contributed by atoms with E-state index in [9.17, 15) is 13.7 Å². The number of hydrogen-bond acceptors (Lipinski definition) is 4. The van der Waals surface area contributed by atoms with E-state index in [0.717, 1.165) is 12.1 Å². The van der Waals surface area contributed by atoms with Crippen LogP contribution in [-0.4, -0.2) is 37.4 Å². The number of sulfone groups is 1. The Morgan fingerprint density at radius 3 is 2.67 bits per heavy atom. The van der Waals surface area contributed by atoms with Crippen molar-refractivity contribution in [2.75, 3.05) is 18.1 Å². The van der Waals surface area contributed by atoms with Gasteiger partial charge in [0.25, 0.3) is 0 Å². The third-order valence-electron chi connectivity index (χ3n) is 3.84. The minimum atomic E-state index is -2.89. The minimum Gasteiger partial charge on any atom is -0.295 e. The minimum absolute atomic E-state index is 0.0733. The number of nitrogens with zero attached hydrogens (tertiary/aromatic N) is 2. The third kappa shape index (κ3) is 4.29. The number of hydrogen-bond donors (Lipinski definition) is 0. The van der Waals surface area contributed by atoms with Crippen LogP contribution in [0.1, 0.15) is 31.4 Å². The van der Waals surface area contributed by atoms with Crippen molar-refractivity contribution in [1.29, 1.82) is 5.26 Å². The maximum absolute atomic E-state index is 11.7. The maximum Gasteiger partial charge on any atom is 0.151 e. The van der Waals surface area contributed by atoms with Crippen molar-refractivity contribution in [1.82, 2.24) is 4.90 Å². The molecule has 1 aliphatic heterocycles. The second-order valence-electron chi connectivity index (χ2n) is 6.15. The van der Waals surface area contributed by atoms with Gasteiger partial charge in [-0.2, -0.15) is 5.26 Å². The molecule has 0 unspecified atom stereocenters. The van der Waals surface area contributed by atoms with Gasteiger partial charge in [-0.25, -0.2) is 8.42 Å². The molecule has 0 aromatic heterocycles. The normalized spacial score (nSPS) is 20.8. The topological polar surface area (TPSA) is 61.2 Å². The number of rotatable bonds is 5. The SMILES string of the molecule is CC(C)CN(Cc1ccccc1C#N)[C@H]1CCS(=O)(=O)C1. The van der Waals surface area contributed by atoms with Gasteiger partial charge in [0.1, 0.15) is 0 Å². The quantitative estimate of drug-likeness (QED) is 0.837. The summed E-state index contributed by atoms with van der Waals surface area (Å²) in [6.45, 7) is 5.75. The molecule has 0 bridgehead atoms. The predicted molar refractivity (Wildman–Crippen MR) is 83.5 cm³/mol. The second kappa shape index (κ2) is 6.59. The Morgan fingerprint density at radius 2 is 2.10 bits per heavy atom. The summed E-state index contributed by atoms with van der Waals surface area (Å²) < 4.78 is 23.5. The monoisotopic (exact) mass is 306 g/mol. The summed E-state index contributed by atoms with van der Waals surface area (Å²) >= 11 is 0. The van der Waals surface area contributed by atoms with E-state index in [0.29, 0.717) is 24.4 Å². The van der Waals surface area contributed by atoms with Crippen LogP contribution in [0.25, 0.3) is 0 Å². The van der Waals surface area contributed by atoms with Gasteiger partial charge in [0.15, 0.2) is 9.84 Å². The van der Waals surface area contributed by atoms with Gasteiger partial charge in [-0.3, -0.25) is 4.90 Å². The van der Waals surface area contributed by atoms with Gasteiger partial charge < -0.3 is 0 Å². The fraction of sp³-hybridized carbons (Fsp3) is 0.562. The molecule has 21 heavy (non-hydrogen) atoms. The summed E-state index contributed by atoms with van der Waals surface area (Å²) in [7, 11) is -2.89. The van der Waals surface area contributed by atoms with E-state index >= 15 is 0 Å². The Labute approximate surface area is 127 Å². The fourth-order valence-corrected chi connectivity index (χ4v) is 4.62. The molecule has 0 saturated carbocycles. The van der Waals surface area contributed by atoms with Gasteiger partial charge in [-0.1, -0.05) is 32.0 Å². The van der Waals surface area contributed by atoms with Crippen LogP contribution in [0, 0.1) is 17.2 Å². The fourth-order valence-electron chi connectivity index (χ4n) is 2.86. The summed E-state index contributed by atoms with van der Waals surface area (Å²) in [6.07, 6.45) is 0.698. The van der Waals surface area contributed by atoms with Crippen molar-refractivity contribution < 1.29 is 8.42 Å². The molecule has 0 radical (unpaired) electrons. The smallest absolute Gasteiger partial charge is 0.151 e. The second-order valence-corrected chi connectivity index (χ2v) is 8.38. The molecule has 1 aromatic rings. The molecule has 2 rings (SSSR count). The van der Waals surface area contributed by atoms with Gasteiger partial charge >= 0.3 is 0 Å². The molecule has 1 fully saturated rings. The van der Waals surface area contributed by atoms with E-state index in [2.05, 4.69) is 24.8 Å². The first-order chi connectivity index (χ1) is 9.91. The highest BCUT2D eigenvalue weighted by Gasteiger charge is 2.32. The van der Waals surface area contributed by atoms with Gasteiger partial charge in [0.05, 0.1) is 23.1 Å². The maximum atomic E-state index is 11.7. The lowest BCUT2D eigenvalue weighted by atomic mass is 10.1. The highest BCUT2D eigenvalue weighted by Crippen LogP contribution is 2.22. The molecule has 1 heterocycles. The molecule has 1 aromatic carbocycles. The molecule has 0 amide bonds. The number of nitriles is 1. The summed E-state index contributed by atoms with van der Waals surface area (Å²) in [5.41, 5.74) is 1.65. The largest absolute Gasteiger partial charge is 0.295 e. The summed E-state index contributed by atoms with van der Waals surface area (Å²) in [5, 5.41) is 9.20. The predicted octanol–water partition coefficient (Wildman–Crippen LogP) is 2.20. The Balaban J connectivity index is 2.19. The Hall–Kier alpha value is -1.38. The third-order valence-corrected chi connectivity index (χ3v) is 5.59. The van der Waals surface area contributed by atoms with Crippen LogP contribution in [0.3, 0.4) is 0 Å². The molecule has 4 nitrogen and oxygen atoms in total. The van der Waals surface area contributed by atoms with Gasteiger partial charge in [0, 0.05) is 19.1 Å². The molecule has 0 N–H and O–H groups in total. The Bertz CT molecular complexity index is 632. The summed E-state index contributed by atoms with van der Waals surface area (Å²) in [5.74, 6) is 0.989. The van der Waals surface area contributed by atoms with Gasteiger partial charge in [0.2, 0.25) is 0 Å². The Morgan fingerprint density at radius 1 is 1.38 bits per heavy atom. The average Bonchev–Trinajstić information content (AvgIpc) is 2.78. The van der Waals surface area contributed by atoms with Crippen LogP contribution in [-0.2, 0) is 16.4 Å². The van der Waals surface area contributed by atoms with Crippen LogP contribution in [0.15, 0.2) is 24.3 Å². The van der Waals surface area contributed by atoms with E-state index in [-0.39, 0.29) is 17.5 Å². The molecule has 5 heteroatoms. The first-order valence-electron chi connectivity index (χ1n) is 7.34. The van der Waals surface area contributed by atoms with E-state index in [1.165, 1.54) is 0 Å². The standard InChI is InChI=1S/C16H22N2O2S/c1-13(2)10-18(16-7-8-21(19,20)12-16)11-15-6-4-3-5-14(15)9-17/h3-6,13,16H,7-8,10-12H2,1-2H3/t16-/m0/s1. The lowest BCUT2D eigenvalue weighted by Gasteiger charge is -2.30. The van der Waals surface area contributed by atoms with E-state index < -0.39 is 9.84 Å². The highest BCUT2D eigenvalue weighted by molar-refractivity contribution is 7.91. The van der Waals surface area contributed by atoms with E-state index in [1.54, 1.807) is 0 Å². The summed E-state index contributed by atoms with van der Waals surface area (Å²) in [6, 6.07) is 9.84. The molecular weight excluding hydrogens is 284 g/mol. The lowest BCUT2D eigenvalue weighted by molar-refractivity contribution is 0.181.